The van der Waals surface area contributed by atoms with E-state index in [2.05, 4.69) is 0 Å². The van der Waals surface area contributed by atoms with Crippen LogP contribution in [0.2, 0.25) is 0 Å². The smallest absolute Gasteiger partial charge is 0.209 e. The van der Waals surface area contributed by atoms with Crippen LogP contribution in [0.1, 0.15) is 31.2 Å². The Balaban J connectivity index is 2.37. The minimum atomic E-state index is -3.56. The predicted octanol–water partition coefficient (Wildman–Crippen LogP) is 1.76. The zero-order valence-corrected chi connectivity index (χ0v) is 10.9. The fraction of sp³-hybridized carbons (Fsp3) is 0.500. The summed E-state index contributed by atoms with van der Waals surface area (Å²) in [5.74, 6) is -0.318. The summed E-state index contributed by atoms with van der Waals surface area (Å²) < 4.78 is 41.3. The molecule has 0 unspecified atom stereocenters. The van der Waals surface area contributed by atoms with E-state index >= 15 is 0 Å². The molecule has 1 aromatic rings. The lowest BCUT2D eigenvalue weighted by molar-refractivity contribution is 0.157. The van der Waals surface area contributed by atoms with Gasteiger partial charge in [-0.3, -0.25) is 0 Å². The van der Waals surface area contributed by atoms with Gasteiger partial charge in [0.1, 0.15) is 11.6 Å². The molecule has 0 saturated carbocycles. The summed E-state index contributed by atoms with van der Waals surface area (Å²) in [5, 5.41) is 5.10. The van der Waals surface area contributed by atoms with Crippen LogP contribution in [0.3, 0.4) is 0 Å². The van der Waals surface area contributed by atoms with E-state index in [-0.39, 0.29) is 23.6 Å². The highest BCUT2D eigenvalue weighted by molar-refractivity contribution is 7.89. The van der Waals surface area contributed by atoms with Crippen molar-refractivity contribution < 1.29 is 17.5 Å². The van der Waals surface area contributed by atoms with Gasteiger partial charge in [-0.05, 0) is 24.5 Å². The molecule has 0 saturated heterocycles. The van der Waals surface area contributed by atoms with Crippen LogP contribution in [0.5, 0.6) is 5.75 Å². The van der Waals surface area contributed by atoms with Crippen LogP contribution in [-0.2, 0) is 10.0 Å². The van der Waals surface area contributed by atoms with Crippen molar-refractivity contribution in [3.8, 4) is 5.75 Å². The average molecular weight is 273 g/mol. The first kappa shape index (κ1) is 13.3. The van der Waals surface area contributed by atoms with Crippen molar-refractivity contribution in [1.29, 1.82) is 0 Å². The van der Waals surface area contributed by atoms with E-state index in [9.17, 15) is 12.8 Å². The van der Waals surface area contributed by atoms with Gasteiger partial charge in [-0.1, -0.05) is 13.0 Å². The molecule has 2 atom stereocenters. The average Bonchev–Trinajstić information content (AvgIpc) is 2.25. The first-order chi connectivity index (χ1) is 8.39. The first-order valence-corrected chi connectivity index (χ1v) is 7.57. The minimum Gasteiger partial charge on any atom is -0.490 e. The molecule has 1 aromatic carbocycles. The third kappa shape index (κ3) is 3.00. The Morgan fingerprint density at radius 3 is 2.83 bits per heavy atom. The van der Waals surface area contributed by atoms with E-state index in [0.29, 0.717) is 12.2 Å². The Bertz CT molecular complexity index is 544. The second-order valence-electron chi connectivity index (χ2n) is 4.59. The molecule has 0 radical (unpaired) electrons. The van der Waals surface area contributed by atoms with Gasteiger partial charge in [0.25, 0.3) is 0 Å². The molecule has 18 heavy (non-hydrogen) atoms. The fourth-order valence-corrected chi connectivity index (χ4v) is 3.18. The summed E-state index contributed by atoms with van der Waals surface area (Å²) in [6.07, 6.45) is 1.24. The van der Waals surface area contributed by atoms with E-state index in [0.717, 1.165) is 12.0 Å². The quantitative estimate of drug-likeness (QED) is 0.912. The second-order valence-corrected chi connectivity index (χ2v) is 6.25. The molecule has 1 heterocycles. The molecular formula is C12H16FNO3S. The number of ether oxygens (including phenoxy) is 1. The number of rotatable bonds is 3. The lowest BCUT2D eigenvalue weighted by Gasteiger charge is -2.31. The first-order valence-electron chi connectivity index (χ1n) is 5.85. The molecule has 2 N–H and O–H groups in total. The SMILES string of the molecule is CC[C@@H]1C[C@H](CS(N)(=O)=O)c2ccc(F)cc2O1. The number of halogens is 1. The predicted molar refractivity (Wildman–Crippen MR) is 66.4 cm³/mol. The van der Waals surface area contributed by atoms with Gasteiger partial charge in [0.2, 0.25) is 10.0 Å². The van der Waals surface area contributed by atoms with Crippen molar-refractivity contribution in [3.05, 3.63) is 29.6 Å². The number of primary sulfonamides is 1. The van der Waals surface area contributed by atoms with Crippen LogP contribution in [0.4, 0.5) is 4.39 Å². The molecule has 100 valence electrons. The third-order valence-electron chi connectivity index (χ3n) is 3.15. The van der Waals surface area contributed by atoms with Crippen LogP contribution in [0.15, 0.2) is 18.2 Å². The molecule has 6 heteroatoms. The zero-order valence-electron chi connectivity index (χ0n) is 10.1. The molecule has 4 nitrogen and oxygen atoms in total. The molecule has 0 bridgehead atoms. The van der Waals surface area contributed by atoms with Gasteiger partial charge in [-0.2, -0.15) is 0 Å². The van der Waals surface area contributed by atoms with Crippen molar-refractivity contribution in [3.63, 3.8) is 0 Å². The van der Waals surface area contributed by atoms with Gasteiger partial charge in [0, 0.05) is 12.0 Å². The number of nitrogens with two attached hydrogens (primary N) is 1. The monoisotopic (exact) mass is 273 g/mol. The number of hydrogen-bond donors (Lipinski definition) is 1. The van der Waals surface area contributed by atoms with Gasteiger partial charge in [0.05, 0.1) is 11.9 Å². The number of sulfonamides is 1. The van der Waals surface area contributed by atoms with Gasteiger partial charge < -0.3 is 4.74 Å². The Hall–Kier alpha value is -1.14. The van der Waals surface area contributed by atoms with Crippen molar-refractivity contribution >= 4 is 10.0 Å². The van der Waals surface area contributed by atoms with Crippen LogP contribution in [0.25, 0.3) is 0 Å². The molecule has 1 aliphatic rings. The molecule has 1 aliphatic heterocycles. The minimum absolute atomic E-state index is 0.0916. The molecule has 2 rings (SSSR count). The number of benzene rings is 1. The highest BCUT2D eigenvalue weighted by Crippen LogP contribution is 2.38. The number of hydrogen-bond acceptors (Lipinski definition) is 3. The van der Waals surface area contributed by atoms with E-state index in [1.165, 1.54) is 12.1 Å². The summed E-state index contributed by atoms with van der Waals surface area (Å²) in [5.41, 5.74) is 0.718. The maximum atomic E-state index is 13.2. The highest BCUT2D eigenvalue weighted by atomic mass is 32.2. The fourth-order valence-electron chi connectivity index (χ4n) is 2.31. The zero-order chi connectivity index (χ0) is 13.3. The Labute approximate surface area is 106 Å². The third-order valence-corrected chi connectivity index (χ3v) is 4.01. The van der Waals surface area contributed by atoms with Crippen molar-refractivity contribution in [2.75, 3.05) is 5.75 Å². The van der Waals surface area contributed by atoms with Crippen molar-refractivity contribution in [2.45, 2.75) is 31.8 Å². The van der Waals surface area contributed by atoms with E-state index < -0.39 is 10.0 Å². The van der Waals surface area contributed by atoms with E-state index in [1.54, 1.807) is 6.07 Å². The normalized spacial score (nSPS) is 23.3. The second kappa shape index (κ2) is 4.85. The molecule has 0 aromatic heterocycles. The topological polar surface area (TPSA) is 69.4 Å². The van der Waals surface area contributed by atoms with Gasteiger partial charge in [-0.15, -0.1) is 0 Å². The Morgan fingerprint density at radius 2 is 2.22 bits per heavy atom. The lowest BCUT2D eigenvalue weighted by Crippen LogP contribution is -2.30. The van der Waals surface area contributed by atoms with E-state index in [4.69, 9.17) is 9.88 Å². The van der Waals surface area contributed by atoms with Crippen LogP contribution < -0.4 is 9.88 Å². The lowest BCUT2D eigenvalue weighted by atomic mass is 9.90. The highest BCUT2D eigenvalue weighted by Gasteiger charge is 2.30. The molecule has 0 spiro atoms. The molecular weight excluding hydrogens is 257 g/mol. The summed E-state index contributed by atoms with van der Waals surface area (Å²) in [4.78, 5) is 0. The maximum absolute atomic E-state index is 13.2. The molecule has 0 amide bonds. The Kier molecular flexibility index (Phi) is 3.59. The van der Waals surface area contributed by atoms with Crippen molar-refractivity contribution in [2.24, 2.45) is 5.14 Å². The largest absolute Gasteiger partial charge is 0.490 e. The summed E-state index contributed by atoms with van der Waals surface area (Å²) in [6.45, 7) is 1.95. The van der Waals surface area contributed by atoms with Crippen LogP contribution in [0, 0.1) is 5.82 Å². The summed E-state index contributed by atoms with van der Waals surface area (Å²) >= 11 is 0. The summed E-state index contributed by atoms with van der Waals surface area (Å²) in [7, 11) is -3.56. The molecule has 0 fully saturated rings. The van der Waals surface area contributed by atoms with Crippen LogP contribution >= 0.6 is 0 Å². The maximum Gasteiger partial charge on any atom is 0.209 e. The van der Waals surface area contributed by atoms with Crippen molar-refractivity contribution in [1.82, 2.24) is 0 Å². The summed E-state index contributed by atoms with van der Waals surface area (Å²) in [6, 6.07) is 4.18. The number of fused-ring (bicyclic) bond motifs is 1. The van der Waals surface area contributed by atoms with Gasteiger partial charge in [0.15, 0.2) is 0 Å². The van der Waals surface area contributed by atoms with Gasteiger partial charge in [-0.25, -0.2) is 17.9 Å². The van der Waals surface area contributed by atoms with E-state index in [1.807, 2.05) is 6.92 Å². The van der Waals surface area contributed by atoms with Crippen LogP contribution in [-0.4, -0.2) is 20.3 Å². The van der Waals surface area contributed by atoms with Gasteiger partial charge >= 0.3 is 0 Å². The Morgan fingerprint density at radius 1 is 1.50 bits per heavy atom. The molecule has 0 aliphatic carbocycles. The standard InChI is InChI=1S/C12H16FNO3S/c1-2-10-5-8(7-18(14,15)16)11-4-3-9(13)6-12(11)17-10/h3-4,6,8,10H,2,5,7H2,1H3,(H2,14,15,16)/t8-,10-/m1/s1.